The van der Waals surface area contributed by atoms with Gasteiger partial charge in [0.1, 0.15) is 17.2 Å². The van der Waals surface area contributed by atoms with E-state index < -0.39 is 5.82 Å². The lowest BCUT2D eigenvalue weighted by Crippen LogP contribution is -2.20. The van der Waals surface area contributed by atoms with E-state index in [4.69, 9.17) is 4.98 Å². The van der Waals surface area contributed by atoms with Crippen LogP contribution in [0.2, 0.25) is 0 Å². The third-order valence-electron chi connectivity index (χ3n) is 7.88. The highest BCUT2D eigenvalue weighted by Crippen LogP contribution is 2.35. The van der Waals surface area contributed by atoms with Crippen LogP contribution < -0.4 is 10.6 Å². The van der Waals surface area contributed by atoms with Gasteiger partial charge in [-0.15, -0.1) is 0 Å². The van der Waals surface area contributed by atoms with E-state index in [1.54, 1.807) is 6.07 Å². The Balaban J connectivity index is 1.21. The predicted octanol–water partition coefficient (Wildman–Crippen LogP) is 6.66. The minimum Gasteiger partial charge on any atom is -0.384 e. The number of hydrogen-bond donors (Lipinski definition) is 4. The lowest BCUT2D eigenvalue weighted by atomic mass is 10.0. The molecule has 0 saturated heterocycles. The maximum atomic E-state index is 16.3. The van der Waals surface area contributed by atoms with Crippen LogP contribution in [0.4, 0.5) is 20.2 Å². The quantitative estimate of drug-likeness (QED) is 0.131. The molecule has 0 atom stereocenters. The molecule has 4 aromatic heterocycles. The van der Waals surface area contributed by atoms with Gasteiger partial charge in [-0.2, -0.15) is 5.10 Å². The van der Waals surface area contributed by atoms with Gasteiger partial charge in [0.25, 0.3) is 0 Å². The van der Waals surface area contributed by atoms with Gasteiger partial charge in [0, 0.05) is 36.1 Å². The second kappa shape index (κ2) is 13.0. The van der Waals surface area contributed by atoms with E-state index in [1.807, 2.05) is 73.6 Å². The Kier molecular flexibility index (Phi) is 8.30. The van der Waals surface area contributed by atoms with Crippen LogP contribution in [0.3, 0.4) is 0 Å². The summed E-state index contributed by atoms with van der Waals surface area (Å²) in [7, 11) is 3.95. The first-order valence-corrected chi connectivity index (χ1v) is 15.3. The van der Waals surface area contributed by atoms with Crippen LogP contribution in [0.25, 0.3) is 55.8 Å². The van der Waals surface area contributed by atoms with Crippen molar-refractivity contribution in [1.29, 1.82) is 0 Å². The van der Waals surface area contributed by atoms with Gasteiger partial charge >= 0.3 is 0 Å². The Morgan fingerprint density at radius 3 is 2.54 bits per heavy atom. The zero-order valence-electron chi connectivity index (χ0n) is 26.2. The van der Waals surface area contributed by atoms with Crippen molar-refractivity contribution < 1.29 is 13.6 Å². The summed E-state index contributed by atoms with van der Waals surface area (Å²) in [5.74, 6) is -0.881. The number of aromatic nitrogens is 6. The lowest BCUT2D eigenvalue weighted by Gasteiger charge is -2.13. The summed E-state index contributed by atoms with van der Waals surface area (Å²) in [4.78, 5) is 31.3. The highest BCUT2D eigenvalue weighted by molar-refractivity contribution is 5.98. The minimum atomic E-state index is -0.620. The van der Waals surface area contributed by atoms with Gasteiger partial charge in [0.2, 0.25) is 5.91 Å². The molecule has 4 heterocycles. The number of nitrogens with one attached hydrogen (secondary N) is 4. The molecule has 1 amide bonds. The smallest absolute Gasteiger partial charge is 0.228 e. The molecular formula is C36H31F2N9O. The first-order chi connectivity index (χ1) is 23.3. The number of benzene rings is 3. The molecule has 4 N–H and O–H groups in total. The fraction of sp³-hybridized carbons (Fsp3) is 0.139. The second-order valence-corrected chi connectivity index (χ2v) is 11.7. The Labute approximate surface area is 274 Å². The molecule has 7 aromatic rings. The van der Waals surface area contributed by atoms with Crippen molar-refractivity contribution in [3.8, 4) is 33.9 Å². The van der Waals surface area contributed by atoms with E-state index in [1.165, 1.54) is 30.7 Å². The first kappa shape index (κ1) is 30.6. The van der Waals surface area contributed by atoms with E-state index >= 15 is 4.39 Å². The van der Waals surface area contributed by atoms with Crippen LogP contribution in [0.15, 0.2) is 91.4 Å². The zero-order valence-corrected chi connectivity index (χ0v) is 26.2. The molecule has 10 nitrogen and oxygen atoms in total. The Morgan fingerprint density at radius 2 is 1.71 bits per heavy atom. The summed E-state index contributed by atoms with van der Waals surface area (Å²) >= 11 is 0. The number of hydrogen-bond acceptors (Lipinski definition) is 7. The number of pyridine rings is 2. The van der Waals surface area contributed by atoms with Gasteiger partial charge in [0.05, 0.1) is 46.4 Å². The standard InChI is InChI=1S/C36H31F2N9O/c1-47(2)12-11-40-25-15-22(14-24(37)17-25)27-9-6-10-28-34(27)44-36(43-28)35-31-29(45-46-35)20-41-33(32(31)38)23-16-26(19-39-18-23)42-30(48)13-21-7-4-3-5-8-21/h3-10,14-20,40H,11-13H2,1-2H3,(H,42,48)(H,43,44)(H,45,46). The van der Waals surface area contributed by atoms with E-state index in [0.717, 1.165) is 12.1 Å². The van der Waals surface area contributed by atoms with Crippen LogP contribution in [0, 0.1) is 11.6 Å². The Morgan fingerprint density at radius 1 is 0.875 bits per heavy atom. The molecule has 0 fully saturated rings. The normalized spacial score (nSPS) is 11.4. The predicted molar refractivity (Wildman–Crippen MR) is 183 cm³/mol. The number of fused-ring (bicyclic) bond motifs is 2. The molecule has 0 bridgehead atoms. The number of amides is 1. The van der Waals surface area contributed by atoms with E-state index in [9.17, 15) is 9.18 Å². The molecule has 3 aromatic carbocycles. The van der Waals surface area contributed by atoms with Crippen molar-refractivity contribution >= 4 is 39.2 Å². The third kappa shape index (κ3) is 6.33. The molecule has 0 saturated carbocycles. The summed E-state index contributed by atoms with van der Waals surface area (Å²) < 4.78 is 31.1. The van der Waals surface area contributed by atoms with Gasteiger partial charge in [-0.1, -0.05) is 42.5 Å². The van der Waals surface area contributed by atoms with E-state index in [-0.39, 0.29) is 34.9 Å². The summed E-state index contributed by atoms with van der Waals surface area (Å²) in [5.41, 5.74) is 5.66. The Hall–Kier alpha value is -6.01. The molecule has 0 aliphatic carbocycles. The number of carbonyl (C=O) groups is 1. The third-order valence-corrected chi connectivity index (χ3v) is 7.88. The number of carbonyl (C=O) groups excluding carboxylic acids is 1. The van der Waals surface area contributed by atoms with Gasteiger partial charge in [-0.05, 0) is 55.6 Å². The number of H-pyrrole nitrogens is 2. The second-order valence-electron chi connectivity index (χ2n) is 11.7. The van der Waals surface area contributed by atoms with Crippen LogP contribution in [-0.4, -0.2) is 68.1 Å². The highest BCUT2D eigenvalue weighted by atomic mass is 19.1. The van der Waals surface area contributed by atoms with Crippen molar-refractivity contribution in [2.75, 3.05) is 37.8 Å². The van der Waals surface area contributed by atoms with Crippen molar-refractivity contribution in [2.45, 2.75) is 6.42 Å². The molecule has 48 heavy (non-hydrogen) atoms. The minimum absolute atomic E-state index is 0.0441. The van der Waals surface area contributed by atoms with Crippen molar-refractivity contribution in [2.24, 2.45) is 0 Å². The lowest BCUT2D eigenvalue weighted by molar-refractivity contribution is -0.115. The summed E-state index contributed by atoms with van der Waals surface area (Å²) in [6.07, 6.45) is 4.67. The molecule has 7 rings (SSSR count). The average molecular weight is 644 g/mol. The van der Waals surface area contributed by atoms with Crippen LogP contribution in [0.5, 0.6) is 0 Å². The summed E-state index contributed by atoms with van der Waals surface area (Å²) in [6.45, 7) is 1.45. The fourth-order valence-corrected chi connectivity index (χ4v) is 5.62. The van der Waals surface area contributed by atoms with E-state index in [2.05, 4.69) is 35.8 Å². The Bertz CT molecular complexity index is 2260. The SMILES string of the molecule is CN(C)CCNc1cc(F)cc(-c2cccc3[nH]c(-c4n[nH]c5cnc(-c6cncc(NC(=O)Cc7ccccc7)c6)c(F)c45)nc23)c1. The highest BCUT2D eigenvalue weighted by Gasteiger charge is 2.22. The molecule has 240 valence electrons. The molecule has 0 radical (unpaired) electrons. The molecule has 0 spiro atoms. The molecular weight excluding hydrogens is 612 g/mol. The number of imidazole rings is 1. The molecule has 12 heteroatoms. The fourth-order valence-electron chi connectivity index (χ4n) is 5.62. The van der Waals surface area contributed by atoms with Gasteiger partial charge in [-0.25, -0.2) is 13.8 Å². The largest absolute Gasteiger partial charge is 0.384 e. The van der Waals surface area contributed by atoms with Crippen molar-refractivity contribution in [3.05, 3.63) is 109 Å². The number of para-hydroxylation sites is 1. The maximum Gasteiger partial charge on any atom is 0.228 e. The van der Waals surface area contributed by atoms with Gasteiger partial charge in [0.15, 0.2) is 11.6 Å². The van der Waals surface area contributed by atoms with Gasteiger partial charge < -0.3 is 20.5 Å². The number of halogens is 2. The zero-order chi connectivity index (χ0) is 33.2. The molecule has 0 aliphatic heterocycles. The van der Waals surface area contributed by atoms with Crippen LogP contribution in [0.1, 0.15) is 5.56 Å². The summed E-state index contributed by atoms with van der Waals surface area (Å²) in [5, 5.41) is 13.5. The number of aromatic amines is 2. The van der Waals surface area contributed by atoms with E-state index in [0.29, 0.717) is 57.0 Å². The van der Waals surface area contributed by atoms with Crippen molar-refractivity contribution in [3.63, 3.8) is 0 Å². The monoisotopic (exact) mass is 643 g/mol. The van der Waals surface area contributed by atoms with Gasteiger partial charge in [-0.3, -0.25) is 19.9 Å². The van der Waals surface area contributed by atoms with Crippen molar-refractivity contribution in [1.82, 2.24) is 35.0 Å². The number of anilines is 2. The first-order valence-electron chi connectivity index (χ1n) is 15.3. The number of rotatable bonds is 10. The number of likely N-dealkylation sites (N-methyl/N-ethyl adjacent to an activating group) is 1. The average Bonchev–Trinajstić information content (AvgIpc) is 3.70. The topological polar surface area (TPSA) is 128 Å². The maximum absolute atomic E-state index is 16.3. The van der Waals surface area contributed by atoms with Crippen LogP contribution in [-0.2, 0) is 11.2 Å². The number of nitrogens with zero attached hydrogens (tertiary/aromatic N) is 5. The summed E-state index contributed by atoms with van der Waals surface area (Å²) in [6, 6.07) is 21.4. The molecule has 0 unspecified atom stereocenters. The van der Waals surface area contributed by atoms with Crippen LogP contribution >= 0.6 is 0 Å². The molecule has 0 aliphatic rings.